The van der Waals surface area contributed by atoms with Crippen molar-refractivity contribution in [3.63, 3.8) is 0 Å². The van der Waals surface area contributed by atoms with Crippen LogP contribution in [0.1, 0.15) is 24.0 Å². The number of ether oxygens (including phenoxy) is 2. The molecule has 3 N–H and O–H groups in total. The van der Waals surface area contributed by atoms with Gasteiger partial charge in [0.1, 0.15) is 18.3 Å². The third-order valence-corrected chi connectivity index (χ3v) is 5.20. The lowest BCUT2D eigenvalue weighted by Crippen LogP contribution is -2.58. The highest BCUT2D eigenvalue weighted by Crippen LogP contribution is 2.33. The Morgan fingerprint density at radius 3 is 1.55 bits per heavy atom. The van der Waals surface area contributed by atoms with Crippen LogP contribution >= 0.6 is 0 Å². The largest absolute Gasteiger partial charge is 0.479 e. The summed E-state index contributed by atoms with van der Waals surface area (Å²) in [5.41, 5.74) is -0.878. The number of aliphatic hydroxyl groups is 2. The molecule has 33 heavy (non-hydrogen) atoms. The maximum absolute atomic E-state index is 12.2. The average Bonchev–Trinajstić information content (AvgIpc) is 2.81. The Hall–Kier alpha value is -3.75. The Balaban J connectivity index is 1.69. The van der Waals surface area contributed by atoms with Crippen LogP contribution in [-0.4, -0.2) is 57.1 Å². The molecule has 0 aliphatic heterocycles. The zero-order chi connectivity index (χ0) is 23.8. The van der Waals surface area contributed by atoms with Crippen LogP contribution in [0.25, 0.3) is 12.2 Å². The Kier molecular flexibility index (Phi) is 7.76. The van der Waals surface area contributed by atoms with E-state index in [0.29, 0.717) is 0 Å². The molecule has 0 heterocycles. The van der Waals surface area contributed by atoms with Gasteiger partial charge in [0.2, 0.25) is 0 Å². The summed E-state index contributed by atoms with van der Waals surface area (Å²) in [6, 6.07) is 17.8. The number of carbonyl (C=O) groups is 3. The van der Waals surface area contributed by atoms with E-state index in [1.54, 1.807) is 48.5 Å². The highest BCUT2D eigenvalue weighted by molar-refractivity contribution is 5.88. The van der Waals surface area contributed by atoms with Crippen LogP contribution in [0, 0.1) is 0 Å². The Morgan fingerprint density at radius 1 is 0.788 bits per heavy atom. The summed E-state index contributed by atoms with van der Waals surface area (Å²) >= 11 is 0. The van der Waals surface area contributed by atoms with Gasteiger partial charge in [-0.05, 0) is 23.3 Å². The summed E-state index contributed by atoms with van der Waals surface area (Å²) < 4.78 is 10.4. The van der Waals surface area contributed by atoms with E-state index in [1.165, 1.54) is 12.2 Å². The predicted octanol–water partition coefficient (Wildman–Crippen LogP) is 2.21. The second-order valence-corrected chi connectivity index (χ2v) is 7.67. The number of aliphatic hydroxyl groups excluding tert-OH is 1. The molecule has 0 saturated heterocycles. The highest BCUT2D eigenvalue weighted by atomic mass is 16.6. The zero-order valence-electron chi connectivity index (χ0n) is 17.6. The average molecular weight is 452 g/mol. The normalized spacial score (nSPS) is 25.1. The van der Waals surface area contributed by atoms with Crippen LogP contribution in [0.4, 0.5) is 0 Å². The molecule has 2 aromatic carbocycles. The molecule has 8 nitrogen and oxygen atoms in total. The molecule has 0 bridgehead atoms. The number of carbonyl (C=O) groups excluding carboxylic acids is 2. The van der Waals surface area contributed by atoms with E-state index in [0.717, 1.165) is 23.3 Å². The van der Waals surface area contributed by atoms with E-state index in [-0.39, 0.29) is 0 Å². The molecule has 1 saturated carbocycles. The first-order valence-electron chi connectivity index (χ1n) is 10.3. The first-order chi connectivity index (χ1) is 15.8. The van der Waals surface area contributed by atoms with E-state index in [9.17, 15) is 29.7 Å². The lowest BCUT2D eigenvalue weighted by molar-refractivity contribution is -0.203. The molecular weight excluding hydrogens is 428 g/mol. The van der Waals surface area contributed by atoms with Crippen molar-refractivity contribution in [2.75, 3.05) is 0 Å². The number of esters is 2. The fourth-order valence-corrected chi connectivity index (χ4v) is 3.46. The van der Waals surface area contributed by atoms with Gasteiger partial charge in [-0.1, -0.05) is 60.7 Å². The third-order valence-electron chi connectivity index (χ3n) is 5.20. The number of hydrogen-bond donors (Lipinski definition) is 3. The van der Waals surface area contributed by atoms with E-state index in [1.807, 2.05) is 12.1 Å². The number of carboxylic acid groups (broad SMARTS) is 1. The Morgan fingerprint density at radius 2 is 1.18 bits per heavy atom. The lowest BCUT2D eigenvalue weighted by atomic mass is 9.79. The van der Waals surface area contributed by atoms with Crippen molar-refractivity contribution >= 4 is 30.1 Å². The highest BCUT2D eigenvalue weighted by Gasteiger charge is 2.52. The second-order valence-electron chi connectivity index (χ2n) is 7.67. The number of aliphatic carboxylic acids is 1. The number of rotatable bonds is 7. The standard InChI is InChI=1S/C25H24O8/c26-21(13-11-17-7-3-1-4-8-17)32-19-15-25(31,24(29)30)16-20(23(19)28)33-22(27)14-12-18-9-5-2-6-10-18/h1-14,19-20,23,28,31H,15-16H2,(H,29,30)/b13-11+,14-12+/t19-,20-,23?,25?/m0/s1. The van der Waals surface area contributed by atoms with Gasteiger partial charge in [0, 0.05) is 25.0 Å². The fraction of sp³-hybridized carbons (Fsp3) is 0.240. The van der Waals surface area contributed by atoms with Crippen molar-refractivity contribution in [2.45, 2.75) is 36.8 Å². The van der Waals surface area contributed by atoms with Gasteiger partial charge in [-0.3, -0.25) is 0 Å². The van der Waals surface area contributed by atoms with Crippen LogP contribution in [0.3, 0.4) is 0 Å². The van der Waals surface area contributed by atoms with Crippen LogP contribution in [-0.2, 0) is 23.9 Å². The molecule has 2 aromatic rings. The molecular formula is C25H24O8. The minimum absolute atomic E-state index is 0.553. The van der Waals surface area contributed by atoms with Gasteiger partial charge in [0.25, 0.3) is 0 Å². The first-order valence-corrected chi connectivity index (χ1v) is 10.3. The Bertz CT molecular complexity index is 955. The molecule has 0 unspecified atom stereocenters. The van der Waals surface area contributed by atoms with Gasteiger partial charge in [-0.2, -0.15) is 0 Å². The van der Waals surface area contributed by atoms with E-state index >= 15 is 0 Å². The first kappa shape index (κ1) is 23.9. The van der Waals surface area contributed by atoms with Gasteiger partial charge >= 0.3 is 17.9 Å². The SMILES string of the molecule is O=C(/C=C/c1ccccc1)O[C@H]1CC(O)(C(=O)O)C[C@H](OC(=O)/C=C/c2ccccc2)C1O. The molecule has 8 heteroatoms. The van der Waals surface area contributed by atoms with Gasteiger partial charge < -0.3 is 24.8 Å². The molecule has 3 rings (SSSR count). The quantitative estimate of drug-likeness (QED) is 0.431. The maximum Gasteiger partial charge on any atom is 0.335 e. The van der Waals surface area contributed by atoms with Crippen LogP contribution in [0.2, 0.25) is 0 Å². The zero-order valence-corrected chi connectivity index (χ0v) is 17.6. The van der Waals surface area contributed by atoms with Crippen molar-refractivity contribution in [3.05, 3.63) is 83.9 Å². The second kappa shape index (κ2) is 10.7. The summed E-state index contributed by atoms with van der Waals surface area (Å²) in [5, 5.41) is 30.6. The number of hydrogen-bond acceptors (Lipinski definition) is 7. The monoisotopic (exact) mass is 452 g/mol. The predicted molar refractivity (Wildman–Crippen MR) is 119 cm³/mol. The van der Waals surface area contributed by atoms with Crippen molar-refractivity contribution in [1.29, 1.82) is 0 Å². The van der Waals surface area contributed by atoms with Gasteiger partial charge in [-0.15, -0.1) is 0 Å². The summed E-state index contributed by atoms with van der Waals surface area (Å²) in [6.07, 6.45) is -0.190. The summed E-state index contributed by atoms with van der Waals surface area (Å²) in [4.78, 5) is 36.1. The molecule has 1 aliphatic rings. The third kappa shape index (κ3) is 6.61. The van der Waals surface area contributed by atoms with Crippen molar-refractivity contribution in [3.8, 4) is 0 Å². The smallest absolute Gasteiger partial charge is 0.335 e. The molecule has 1 aliphatic carbocycles. The van der Waals surface area contributed by atoms with Crippen molar-refractivity contribution in [2.24, 2.45) is 0 Å². The summed E-state index contributed by atoms with van der Waals surface area (Å²) in [6.45, 7) is 0. The fourth-order valence-electron chi connectivity index (χ4n) is 3.46. The lowest BCUT2D eigenvalue weighted by Gasteiger charge is -2.40. The summed E-state index contributed by atoms with van der Waals surface area (Å²) in [7, 11) is 0. The minimum Gasteiger partial charge on any atom is -0.479 e. The molecule has 1 fully saturated rings. The number of benzene rings is 2. The molecule has 0 aromatic heterocycles. The molecule has 0 amide bonds. The van der Waals surface area contributed by atoms with Crippen molar-refractivity contribution in [1.82, 2.24) is 0 Å². The Labute approximate surface area is 190 Å². The maximum atomic E-state index is 12.2. The topological polar surface area (TPSA) is 130 Å². The van der Waals surface area contributed by atoms with Gasteiger partial charge in [-0.25, -0.2) is 14.4 Å². The molecule has 172 valence electrons. The number of carboxylic acids is 1. The summed E-state index contributed by atoms with van der Waals surface area (Å²) in [5.74, 6) is -3.26. The van der Waals surface area contributed by atoms with Crippen LogP contribution in [0.15, 0.2) is 72.8 Å². The van der Waals surface area contributed by atoms with Gasteiger partial charge in [0.15, 0.2) is 5.60 Å². The molecule has 0 radical (unpaired) electrons. The van der Waals surface area contributed by atoms with Crippen molar-refractivity contribution < 1.29 is 39.2 Å². The minimum atomic E-state index is -2.35. The van der Waals surface area contributed by atoms with Crippen LogP contribution < -0.4 is 0 Å². The molecule has 0 spiro atoms. The molecule has 2 atom stereocenters. The van der Waals surface area contributed by atoms with E-state index in [2.05, 4.69) is 0 Å². The van der Waals surface area contributed by atoms with E-state index < -0.39 is 54.7 Å². The van der Waals surface area contributed by atoms with Gasteiger partial charge in [0.05, 0.1) is 0 Å². The van der Waals surface area contributed by atoms with E-state index in [4.69, 9.17) is 9.47 Å². The van der Waals surface area contributed by atoms with Crippen LogP contribution in [0.5, 0.6) is 0 Å².